The fourth-order valence-electron chi connectivity index (χ4n) is 4.12. The highest BCUT2D eigenvalue weighted by atomic mass is 32.2. The molecule has 0 fully saturated rings. The van der Waals surface area contributed by atoms with Gasteiger partial charge in [-0.25, -0.2) is 14.4 Å². The number of carbonyl (C=O) groups is 2. The maximum absolute atomic E-state index is 13.2. The van der Waals surface area contributed by atoms with Gasteiger partial charge in [0.25, 0.3) is 0 Å². The molecule has 2 aromatic heterocycles. The summed E-state index contributed by atoms with van der Waals surface area (Å²) >= 11 is 3.16. The van der Waals surface area contributed by atoms with E-state index in [0.717, 1.165) is 57.5 Å². The number of Topliss-reactive ketones (excluding diaryl/α,β-unsaturated/α-hetero) is 1. The van der Waals surface area contributed by atoms with Crippen molar-refractivity contribution in [3.8, 4) is 0 Å². The van der Waals surface area contributed by atoms with Crippen LogP contribution in [0.3, 0.4) is 0 Å². The van der Waals surface area contributed by atoms with Crippen molar-refractivity contribution < 1.29 is 18.4 Å². The van der Waals surface area contributed by atoms with Crippen molar-refractivity contribution in [3.05, 3.63) is 70.4 Å². The van der Waals surface area contributed by atoms with E-state index in [-0.39, 0.29) is 22.9 Å². The first-order valence-corrected chi connectivity index (χ1v) is 15.3. The van der Waals surface area contributed by atoms with E-state index < -0.39 is 0 Å². The zero-order valence-electron chi connectivity index (χ0n) is 23.2. The van der Waals surface area contributed by atoms with Gasteiger partial charge in [0, 0.05) is 35.7 Å². The summed E-state index contributed by atoms with van der Waals surface area (Å²) in [6.07, 6.45) is 9.96. The van der Waals surface area contributed by atoms with Crippen molar-refractivity contribution >= 4 is 46.6 Å². The summed E-state index contributed by atoms with van der Waals surface area (Å²) in [4.78, 5) is 37.9. The van der Waals surface area contributed by atoms with Crippen LogP contribution in [0.25, 0.3) is 5.57 Å². The number of allylic oxidation sites excluding steroid dienone is 1. The maximum atomic E-state index is 13.2. The molecule has 1 N–H and O–H groups in total. The predicted molar refractivity (Wildman–Crippen MR) is 158 cm³/mol. The molecule has 1 aromatic carbocycles. The Morgan fingerprint density at radius 1 is 1.05 bits per heavy atom. The topological polar surface area (TPSA) is 97.5 Å². The largest absolute Gasteiger partial charge is 0.444 e. The molecule has 7 nitrogen and oxygen atoms in total. The van der Waals surface area contributed by atoms with Crippen LogP contribution in [0, 0.1) is 5.82 Å². The van der Waals surface area contributed by atoms with Crippen molar-refractivity contribution in [2.75, 3.05) is 6.54 Å². The van der Waals surface area contributed by atoms with Crippen LogP contribution in [-0.4, -0.2) is 34.4 Å². The van der Waals surface area contributed by atoms with Gasteiger partial charge in [-0.05, 0) is 30.5 Å². The van der Waals surface area contributed by atoms with Crippen LogP contribution in [0.15, 0.2) is 56.0 Å². The average Bonchev–Trinajstić information content (AvgIpc) is 3.67. The zero-order chi connectivity index (χ0) is 28.5. The number of thioether (sulfide) groups is 1. The van der Waals surface area contributed by atoms with E-state index in [1.807, 2.05) is 6.20 Å². The standard InChI is InChI=1S/C30H35FN4O3S2/c1-30(2,3)25-17-33-27(38-25)19-39-29-18-34-28(40-29)14-22(36)8-6-4-5-7-9-26(37)35-24-16-32-15-23(24)20-10-12-21(31)13-11-20/h10-13,15,17-18H,4-9,14,16,19H2,1-3H3,(H,35,37). The molecule has 1 amide bonds. The Hall–Kier alpha value is -3.11. The lowest BCUT2D eigenvalue weighted by molar-refractivity contribution is -0.120. The van der Waals surface area contributed by atoms with Gasteiger partial charge in [-0.3, -0.25) is 14.6 Å². The number of benzene rings is 1. The highest BCUT2D eigenvalue weighted by Gasteiger charge is 2.19. The summed E-state index contributed by atoms with van der Waals surface area (Å²) in [5.41, 5.74) is 2.33. The molecule has 0 aliphatic carbocycles. The van der Waals surface area contributed by atoms with E-state index in [1.54, 1.807) is 47.6 Å². The minimum Gasteiger partial charge on any atom is -0.444 e. The van der Waals surface area contributed by atoms with Crippen molar-refractivity contribution in [2.24, 2.45) is 4.99 Å². The Balaban J connectivity index is 1.09. The van der Waals surface area contributed by atoms with Gasteiger partial charge in [0.05, 0.1) is 35.3 Å². The third-order valence-electron chi connectivity index (χ3n) is 6.36. The van der Waals surface area contributed by atoms with Gasteiger partial charge in [-0.1, -0.05) is 45.7 Å². The predicted octanol–water partition coefficient (Wildman–Crippen LogP) is 6.92. The Morgan fingerprint density at radius 3 is 2.52 bits per heavy atom. The zero-order valence-corrected chi connectivity index (χ0v) is 24.8. The summed E-state index contributed by atoms with van der Waals surface area (Å²) in [7, 11) is 0. The van der Waals surface area contributed by atoms with Crippen LogP contribution in [0.4, 0.5) is 4.39 Å². The van der Waals surface area contributed by atoms with Gasteiger partial charge in [-0.15, -0.1) is 23.1 Å². The number of aliphatic imine (C=N–C) groups is 1. The van der Waals surface area contributed by atoms with Crippen molar-refractivity contribution in [1.29, 1.82) is 0 Å². The summed E-state index contributed by atoms with van der Waals surface area (Å²) in [5.74, 6) is 2.03. The molecule has 0 bridgehead atoms. The number of thiazole rings is 1. The molecule has 0 radical (unpaired) electrons. The monoisotopic (exact) mass is 582 g/mol. The third kappa shape index (κ3) is 8.96. The SMILES string of the molecule is CC(C)(C)c1cnc(CSc2cnc(CC(=O)CCCCCCC(=O)NC3=C(c4ccc(F)cc4)C=NC3)s2)o1. The number of halogens is 1. The van der Waals surface area contributed by atoms with Gasteiger partial charge in [0.1, 0.15) is 22.4 Å². The molecular formula is C30H35FN4O3S2. The average molecular weight is 583 g/mol. The van der Waals surface area contributed by atoms with E-state index >= 15 is 0 Å². The molecule has 40 heavy (non-hydrogen) atoms. The number of hydrogen-bond donors (Lipinski definition) is 1. The minimum absolute atomic E-state index is 0.0499. The van der Waals surface area contributed by atoms with E-state index in [1.165, 1.54) is 12.1 Å². The first-order chi connectivity index (χ1) is 19.2. The van der Waals surface area contributed by atoms with E-state index in [4.69, 9.17) is 4.42 Å². The van der Waals surface area contributed by atoms with Crippen molar-refractivity contribution in [2.45, 2.75) is 81.1 Å². The van der Waals surface area contributed by atoms with Gasteiger partial charge in [0.2, 0.25) is 11.8 Å². The molecule has 4 rings (SSSR count). The smallest absolute Gasteiger partial charge is 0.224 e. The number of hydrogen-bond acceptors (Lipinski definition) is 8. The molecule has 0 unspecified atom stereocenters. The lowest BCUT2D eigenvalue weighted by Crippen LogP contribution is -2.24. The molecule has 10 heteroatoms. The summed E-state index contributed by atoms with van der Waals surface area (Å²) < 4.78 is 20.1. The van der Waals surface area contributed by atoms with E-state index in [9.17, 15) is 14.0 Å². The van der Waals surface area contributed by atoms with Crippen LogP contribution < -0.4 is 5.32 Å². The normalized spacial score (nSPS) is 13.3. The molecule has 0 atom stereocenters. The highest BCUT2D eigenvalue weighted by molar-refractivity contribution is 8.00. The first-order valence-electron chi connectivity index (χ1n) is 13.5. The molecule has 0 saturated heterocycles. The molecular weight excluding hydrogens is 547 g/mol. The molecule has 0 saturated carbocycles. The van der Waals surface area contributed by atoms with E-state index in [0.29, 0.717) is 37.5 Å². The second-order valence-corrected chi connectivity index (χ2v) is 13.2. The van der Waals surface area contributed by atoms with Crippen LogP contribution >= 0.6 is 23.1 Å². The van der Waals surface area contributed by atoms with Crippen LogP contribution in [0.1, 0.15) is 81.5 Å². The fourth-order valence-corrected chi connectivity index (χ4v) is 6.03. The number of rotatable bonds is 14. The van der Waals surface area contributed by atoms with Crippen LogP contribution in [0.5, 0.6) is 0 Å². The number of aromatic nitrogens is 2. The molecule has 212 valence electrons. The second kappa shape index (κ2) is 14.0. The second-order valence-electron chi connectivity index (χ2n) is 10.8. The number of unbranched alkanes of at least 4 members (excludes halogenated alkanes) is 3. The quantitative estimate of drug-likeness (QED) is 0.164. The molecule has 3 heterocycles. The molecule has 3 aromatic rings. The van der Waals surface area contributed by atoms with Crippen molar-refractivity contribution in [1.82, 2.24) is 15.3 Å². The number of amides is 1. The summed E-state index contributed by atoms with van der Waals surface area (Å²) in [6.45, 7) is 6.69. The highest BCUT2D eigenvalue weighted by Crippen LogP contribution is 2.30. The number of carbonyl (C=O) groups excluding carboxylic acids is 2. The van der Waals surface area contributed by atoms with Gasteiger partial charge in [0.15, 0.2) is 0 Å². The summed E-state index contributed by atoms with van der Waals surface area (Å²) in [5, 5.41) is 3.79. The number of ketones is 1. The third-order valence-corrected chi connectivity index (χ3v) is 8.54. The van der Waals surface area contributed by atoms with Gasteiger partial charge < -0.3 is 9.73 Å². The maximum Gasteiger partial charge on any atom is 0.224 e. The van der Waals surface area contributed by atoms with E-state index in [2.05, 4.69) is 41.0 Å². The Kier molecular flexibility index (Phi) is 10.4. The molecule has 1 aliphatic heterocycles. The Bertz CT molecular complexity index is 1370. The fraction of sp³-hybridized carbons (Fsp3) is 0.433. The molecule has 1 aliphatic rings. The lowest BCUT2D eigenvalue weighted by Gasteiger charge is -2.12. The summed E-state index contributed by atoms with van der Waals surface area (Å²) in [6, 6.07) is 6.17. The molecule has 0 spiro atoms. The van der Waals surface area contributed by atoms with Crippen molar-refractivity contribution in [3.63, 3.8) is 0 Å². The number of nitrogens with one attached hydrogen (secondary N) is 1. The Morgan fingerprint density at radius 2 is 1.80 bits per heavy atom. The first kappa shape index (κ1) is 29.9. The lowest BCUT2D eigenvalue weighted by atomic mass is 9.94. The number of nitrogens with zero attached hydrogens (tertiary/aromatic N) is 3. The minimum atomic E-state index is -0.298. The van der Waals surface area contributed by atoms with Gasteiger partial charge >= 0.3 is 0 Å². The van der Waals surface area contributed by atoms with Crippen LogP contribution in [-0.2, 0) is 27.2 Å². The van der Waals surface area contributed by atoms with Gasteiger partial charge in [-0.2, -0.15) is 0 Å². The number of oxazole rings is 1. The van der Waals surface area contributed by atoms with Crippen LogP contribution in [0.2, 0.25) is 0 Å². The Labute approximate surface area is 242 Å².